The smallest absolute Gasteiger partial charge is 0.337 e. The first-order chi connectivity index (χ1) is 13.7. The van der Waals surface area contributed by atoms with E-state index in [1.807, 2.05) is 48.5 Å². The Morgan fingerprint density at radius 3 is 2.64 bits per heavy atom. The summed E-state index contributed by atoms with van der Waals surface area (Å²) < 4.78 is 0. The fourth-order valence-electron chi connectivity index (χ4n) is 4.29. The van der Waals surface area contributed by atoms with Crippen molar-refractivity contribution in [3.05, 3.63) is 78.0 Å². The van der Waals surface area contributed by atoms with Gasteiger partial charge in [0.2, 0.25) is 0 Å². The molecule has 0 amide bonds. The van der Waals surface area contributed by atoms with Gasteiger partial charge in [-0.1, -0.05) is 54.2 Å². The maximum atomic E-state index is 12.3. The largest absolute Gasteiger partial charge is 0.478 e. The van der Waals surface area contributed by atoms with Crippen LogP contribution in [0.25, 0.3) is 22.0 Å². The lowest BCUT2D eigenvalue weighted by Gasteiger charge is -2.38. The van der Waals surface area contributed by atoms with E-state index in [-0.39, 0.29) is 0 Å². The zero-order valence-corrected chi connectivity index (χ0v) is 15.5. The summed E-state index contributed by atoms with van der Waals surface area (Å²) in [4.78, 5) is 21.8. The van der Waals surface area contributed by atoms with Gasteiger partial charge in [0.25, 0.3) is 0 Å². The minimum atomic E-state index is -0.912. The standard InChI is InChI=1S/C23H14N2O2S/c26-23(27)21-13-6-1-2-8-15(13)24-16-12-25-17-9-3-4-10-18(17)28-19-11-5-7-14(20(16)21)22(19)25/h1-11H,12H2,(H,26,27). The Labute approximate surface area is 165 Å². The quantitative estimate of drug-likeness (QED) is 0.456. The Hall–Kier alpha value is -3.31. The zero-order chi connectivity index (χ0) is 18.8. The van der Waals surface area contributed by atoms with Gasteiger partial charge in [0.1, 0.15) is 0 Å². The minimum absolute atomic E-state index is 0.345. The van der Waals surface area contributed by atoms with Crippen LogP contribution in [0.2, 0.25) is 0 Å². The van der Waals surface area contributed by atoms with Crippen molar-refractivity contribution in [2.45, 2.75) is 16.3 Å². The molecule has 0 aliphatic carbocycles. The zero-order valence-electron chi connectivity index (χ0n) is 14.7. The van der Waals surface area contributed by atoms with Gasteiger partial charge in [0.05, 0.1) is 34.7 Å². The van der Waals surface area contributed by atoms with Crippen LogP contribution in [0.15, 0.2) is 76.5 Å². The monoisotopic (exact) mass is 382 g/mol. The van der Waals surface area contributed by atoms with E-state index in [1.165, 1.54) is 4.90 Å². The number of para-hydroxylation sites is 3. The molecule has 0 fully saturated rings. The van der Waals surface area contributed by atoms with Crippen LogP contribution in [-0.4, -0.2) is 16.1 Å². The molecule has 2 aliphatic heterocycles. The van der Waals surface area contributed by atoms with Crippen molar-refractivity contribution >= 4 is 40.0 Å². The second-order valence-electron chi connectivity index (χ2n) is 6.94. The molecule has 4 aromatic rings. The highest BCUT2D eigenvalue weighted by Gasteiger charge is 2.34. The highest BCUT2D eigenvalue weighted by Crippen LogP contribution is 2.55. The topological polar surface area (TPSA) is 53.4 Å². The van der Waals surface area contributed by atoms with Crippen molar-refractivity contribution in [3.8, 4) is 11.1 Å². The van der Waals surface area contributed by atoms with E-state index in [2.05, 4.69) is 23.1 Å². The molecule has 0 radical (unpaired) electrons. The Bertz CT molecular complexity index is 1320. The molecule has 0 atom stereocenters. The fourth-order valence-corrected chi connectivity index (χ4v) is 5.42. The summed E-state index contributed by atoms with van der Waals surface area (Å²) >= 11 is 1.73. The van der Waals surface area contributed by atoms with Crippen LogP contribution in [0.1, 0.15) is 16.1 Å². The number of hydrogen-bond donors (Lipinski definition) is 1. The predicted octanol–water partition coefficient (Wildman–Crippen LogP) is 5.72. The summed E-state index contributed by atoms with van der Waals surface area (Å²) in [5, 5.41) is 10.8. The van der Waals surface area contributed by atoms with E-state index < -0.39 is 5.97 Å². The molecule has 0 unspecified atom stereocenters. The van der Waals surface area contributed by atoms with E-state index in [9.17, 15) is 9.90 Å². The number of rotatable bonds is 1. The summed E-state index contributed by atoms with van der Waals surface area (Å²) in [6, 6.07) is 21.9. The highest BCUT2D eigenvalue weighted by molar-refractivity contribution is 7.99. The molecule has 0 saturated heterocycles. The van der Waals surface area contributed by atoms with E-state index >= 15 is 0 Å². The van der Waals surface area contributed by atoms with Crippen molar-refractivity contribution in [3.63, 3.8) is 0 Å². The van der Waals surface area contributed by atoms with Crippen LogP contribution >= 0.6 is 11.8 Å². The van der Waals surface area contributed by atoms with E-state index in [1.54, 1.807) is 11.8 Å². The third kappa shape index (κ3) is 2.02. The molecule has 2 aliphatic rings. The maximum absolute atomic E-state index is 12.3. The third-order valence-electron chi connectivity index (χ3n) is 5.40. The molecule has 3 aromatic carbocycles. The van der Waals surface area contributed by atoms with Crippen LogP contribution in [0.3, 0.4) is 0 Å². The lowest BCUT2D eigenvalue weighted by atomic mass is 9.90. The van der Waals surface area contributed by atoms with Crippen molar-refractivity contribution in [1.82, 2.24) is 4.98 Å². The van der Waals surface area contributed by atoms with Gasteiger partial charge in [0, 0.05) is 26.3 Å². The Morgan fingerprint density at radius 1 is 0.964 bits per heavy atom. The van der Waals surface area contributed by atoms with Gasteiger partial charge in [-0.25, -0.2) is 4.79 Å². The van der Waals surface area contributed by atoms with E-state index in [0.717, 1.165) is 38.6 Å². The number of aromatic carboxylic acids is 1. The molecular formula is C23H14N2O2S. The van der Waals surface area contributed by atoms with Gasteiger partial charge >= 0.3 is 5.97 Å². The Balaban J connectivity index is 1.73. The van der Waals surface area contributed by atoms with Crippen LogP contribution < -0.4 is 4.90 Å². The lowest BCUT2D eigenvalue weighted by Crippen LogP contribution is -2.26. The SMILES string of the molecule is O=C(O)c1c2c(nc3ccccc13)CN1c3ccccc3Sc3cccc-2c31. The number of nitrogens with zero attached hydrogens (tertiary/aromatic N) is 2. The normalized spacial score (nSPS) is 13.6. The van der Waals surface area contributed by atoms with Gasteiger partial charge in [0.15, 0.2) is 0 Å². The summed E-state index contributed by atoms with van der Waals surface area (Å²) in [6.45, 7) is 0.558. The first kappa shape index (κ1) is 15.7. The molecule has 5 heteroatoms. The van der Waals surface area contributed by atoms with Crippen molar-refractivity contribution in [2.24, 2.45) is 0 Å². The number of carbonyl (C=O) groups is 1. The van der Waals surface area contributed by atoms with E-state index in [4.69, 9.17) is 4.98 Å². The molecule has 6 rings (SSSR count). The number of carboxylic acid groups (broad SMARTS) is 1. The number of benzene rings is 3. The number of pyridine rings is 1. The highest BCUT2D eigenvalue weighted by atomic mass is 32.2. The molecule has 3 heterocycles. The molecule has 4 nitrogen and oxygen atoms in total. The van der Waals surface area contributed by atoms with Gasteiger partial charge in [-0.3, -0.25) is 4.98 Å². The molecule has 1 aromatic heterocycles. The number of fused-ring (bicyclic) bond motifs is 5. The summed E-state index contributed by atoms with van der Waals surface area (Å²) in [6.07, 6.45) is 0. The maximum Gasteiger partial charge on any atom is 0.337 e. The van der Waals surface area contributed by atoms with E-state index in [0.29, 0.717) is 17.5 Å². The van der Waals surface area contributed by atoms with Crippen molar-refractivity contribution < 1.29 is 9.90 Å². The number of anilines is 2. The summed E-state index contributed by atoms with van der Waals surface area (Å²) in [5.74, 6) is -0.912. The first-order valence-corrected chi connectivity index (χ1v) is 9.87. The molecule has 28 heavy (non-hydrogen) atoms. The minimum Gasteiger partial charge on any atom is -0.478 e. The van der Waals surface area contributed by atoms with Crippen LogP contribution in [0.5, 0.6) is 0 Å². The van der Waals surface area contributed by atoms with Crippen LogP contribution in [-0.2, 0) is 6.54 Å². The average molecular weight is 382 g/mol. The number of hydrogen-bond acceptors (Lipinski definition) is 4. The Morgan fingerprint density at radius 2 is 1.75 bits per heavy atom. The first-order valence-electron chi connectivity index (χ1n) is 9.05. The van der Waals surface area contributed by atoms with Gasteiger partial charge in [-0.15, -0.1) is 0 Å². The summed E-state index contributed by atoms with van der Waals surface area (Å²) in [7, 11) is 0. The van der Waals surface area contributed by atoms with Crippen molar-refractivity contribution in [1.29, 1.82) is 0 Å². The molecular weight excluding hydrogens is 368 g/mol. The third-order valence-corrected chi connectivity index (χ3v) is 6.52. The number of carboxylic acids is 1. The van der Waals surface area contributed by atoms with Gasteiger partial charge < -0.3 is 10.0 Å². The fraction of sp³-hybridized carbons (Fsp3) is 0.0435. The Kier molecular flexibility index (Phi) is 3.14. The molecule has 0 bridgehead atoms. The average Bonchev–Trinajstić information content (AvgIpc) is 2.72. The van der Waals surface area contributed by atoms with Gasteiger partial charge in [-0.2, -0.15) is 0 Å². The molecule has 0 spiro atoms. The van der Waals surface area contributed by atoms with Gasteiger partial charge in [-0.05, 0) is 24.3 Å². The summed E-state index contributed by atoms with van der Waals surface area (Å²) in [5.41, 5.74) is 5.79. The number of aromatic nitrogens is 1. The lowest BCUT2D eigenvalue weighted by molar-refractivity contribution is 0.0699. The van der Waals surface area contributed by atoms with Crippen LogP contribution in [0.4, 0.5) is 11.4 Å². The van der Waals surface area contributed by atoms with Crippen LogP contribution in [0, 0.1) is 0 Å². The van der Waals surface area contributed by atoms with Crippen molar-refractivity contribution in [2.75, 3.05) is 4.90 Å². The molecule has 1 N–H and O–H groups in total. The predicted molar refractivity (Wildman–Crippen MR) is 111 cm³/mol. The molecule has 0 saturated carbocycles. The second kappa shape index (κ2) is 5.59. The second-order valence-corrected chi connectivity index (χ2v) is 8.02. The molecule has 134 valence electrons.